The van der Waals surface area contributed by atoms with E-state index in [0.717, 1.165) is 57.6 Å². The van der Waals surface area contributed by atoms with Gasteiger partial charge in [0.25, 0.3) is 6.47 Å². The fourth-order valence-electron chi connectivity index (χ4n) is 10.4. The van der Waals surface area contributed by atoms with Crippen molar-refractivity contribution >= 4 is 18.0 Å². The number of carbonyl (C=O) groups excluding carboxylic acids is 3. The first-order chi connectivity index (χ1) is 31.8. The van der Waals surface area contributed by atoms with Crippen molar-refractivity contribution in [3.63, 3.8) is 0 Å². The maximum atomic E-state index is 12.3. The van der Waals surface area contributed by atoms with E-state index in [-0.39, 0.29) is 88.6 Å². The minimum atomic E-state index is -0.673. The topological polar surface area (TPSA) is 155 Å². The van der Waals surface area contributed by atoms with Crippen LogP contribution in [0.2, 0.25) is 0 Å². The molecule has 13 nitrogen and oxygen atoms in total. The summed E-state index contributed by atoms with van der Waals surface area (Å²) in [5.41, 5.74) is 3.17. The van der Waals surface area contributed by atoms with Crippen LogP contribution in [0.3, 0.4) is 0 Å². The molecule has 6 aliphatic rings. The molecular formula is C56H100O13. The highest BCUT2D eigenvalue weighted by molar-refractivity contribution is 6.00. The number of rotatable bonds is 17. The van der Waals surface area contributed by atoms with Crippen LogP contribution in [0.4, 0.5) is 0 Å². The Bertz CT molecular complexity index is 1580. The molecule has 69 heavy (non-hydrogen) atoms. The lowest BCUT2D eigenvalue weighted by Gasteiger charge is -2.56. The highest BCUT2D eigenvalue weighted by atomic mass is 16.7. The van der Waals surface area contributed by atoms with E-state index in [1.807, 2.05) is 33.8 Å². The molecule has 1 saturated carbocycles. The Morgan fingerprint density at radius 2 is 1.70 bits per heavy atom. The lowest BCUT2D eigenvalue weighted by Crippen LogP contribution is -2.60. The fourth-order valence-corrected chi connectivity index (χ4v) is 10.4. The molecule has 4 heterocycles. The van der Waals surface area contributed by atoms with Gasteiger partial charge in [0.05, 0.1) is 37.1 Å². The Hall–Kier alpha value is -2.59. The van der Waals surface area contributed by atoms with Gasteiger partial charge in [0.1, 0.15) is 30.5 Å². The third kappa shape index (κ3) is 18.8. The van der Waals surface area contributed by atoms with E-state index in [1.165, 1.54) is 57.5 Å². The zero-order chi connectivity index (χ0) is 48.9. The molecule has 4 saturated heterocycles. The van der Waals surface area contributed by atoms with E-state index in [4.69, 9.17) is 47.7 Å². The Balaban J connectivity index is 0.00000146. The van der Waals surface area contributed by atoms with Crippen molar-refractivity contribution in [1.29, 1.82) is 0 Å². The van der Waals surface area contributed by atoms with Gasteiger partial charge in [-0.15, -0.1) is 0 Å². The molecule has 5 fully saturated rings. The van der Waals surface area contributed by atoms with Gasteiger partial charge in [-0.1, -0.05) is 98.3 Å². The fraction of sp³-hybridized carbons (Fsp3) is 0.804. The largest absolute Gasteiger partial charge is 0.464 e. The van der Waals surface area contributed by atoms with Gasteiger partial charge in [-0.2, -0.15) is 0 Å². The van der Waals surface area contributed by atoms with Crippen molar-refractivity contribution in [2.75, 3.05) is 48.3 Å². The lowest BCUT2D eigenvalue weighted by atomic mass is 9.68. The van der Waals surface area contributed by atoms with Gasteiger partial charge in [-0.3, -0.25) is 14.4 Å². The maximum absolute atomic E-state index is 12.3. The predicted octanol–water partition coefficient (Wildman–Crippen LogP) is 11.1. The van der Waals surface area contributed by atoms with E-state index in [0.29, 0.717) is 44.4 Å². The van der Waals surface area contributed by atoms with Crippen molar-refractivity contribution in [2.24, 2.45) is 17.8 Å². The van der Waals surface area contributed by atoms with Gasteiger partial charge in [-0.25, -0.2) is 0 Å². The van der Waals surface area contributed by atoms with Gasteiger partial charge in [0.15, 0.2) is 17.4 Å². The van der Waals surface area contributed by atoms with E-state index in [2.05, 4.69) is 45.1 Å². The SMILES string of the molecule is C.C.C.CC.CC1=CCC2/C(=C/C=C/CC/C(C)=C/CC3C[C@H](OC=O)CC4(CCC(C)C(C)(C5CCCCC5)O4)O3)COC2C1=O.CO.COC(C)C(=O)[C@@H](COC1C(C)OCC[C@H]1OC)OC. The van der Waals surface area contributed by atoms with E-state index >= 15 is 0 Å². The summed E-state index contributed by atoms with van der Waals surface area (Å²) in [7, 11) is 5.64. The smallest absolute Gasteiger partial charge is 0.293 e. The van der Waals surface area contributed by atoms with Crippen molar-refractivity contribution in [2.45, 2.75) is 228 Å². The van der Waals surface area contributed by atoms with E-state index in [1.54, 1.807) is 14.0 Å². The van der Waals surface area contributed by atoms with E-state index in [9.17, 15) is 14.4 Å². The quantitative estimate of drug-likeness (QED) is 0.109. The number of ether oxygens (including phenoxy) is 9. The van der Waals surface area contributed by atoms with Gasteiger partial charge < -0.3 is 47.7 Å². The van der Waals surface area contributed by atoms with Crippen LogP contribution in [0.5, 0.6) is 0 Å². The molecular weight excluding hydrogens is 881 g/mol. The minimum absolute atomic E-state index is 0. The maximum Gasteiger partial charge on any atom is 0.293 e. The van der Waals surface area contributed by atoms with Crippen LogP contribution in [-0.4, -0.2) is 132 Å². The molecule has 0 aromatic heterocycles. The first kappa shape index (κ1) is 66.4. The second kappa shape index (κ2) is 33.9. The van der Waals surface area contributed by atoms with Gasteiger partial charge in [-0.05, 0) is 109 Å². The molecule has 0 aromatic rings. The summed E-state index contributed by atoms with van der Waals surface area (Å²) in [4.78, 5) is 35.7. The molecule has 1 spiro atoms. The summed E-state index contributed by atoms with van der Waals surface area (Å²) in [5, 5.41) is 7.00. The molecule has 1 N–H and O–H groups in total. The number of hydrogen-bond acceptors (Lipinski definition) is 13. The van der Waals surface area contributed by atoms with Crippen molar-refractivity contribution in [3.8, 4) is 0 Å². The highest BCUT2D eigenvalue weighted by Crippen LogP contribution is 2.51. The summed E-state index contributed by atoms with van der Waals surface area (Å²) in [6, 6.07) is 0. The number of Topliss-reactive ketones (excluding diaryl/α,β-unsaturated/α-hetero) is 2. The number of fused-ring (bicyclic) bond motifs is 1. The number of methoxy groups -OCH3 is 3. The first-order valence-electron chi connectivity index (χ1n) is 24.9. The monoisotopic (exact) mass is 981 g/mol. The number of carbonyl (C=O) groups is 3. The average Bonchev–Trinajstić information content (AvgIpc) is 3.76. The van der Waals surface area contributed by atoms with Gasteiger partial charge in [0, 0.05) is 60.2 Å². The predicted molar refractivity (Wildman–Crippen MR) is 276 cm³/mol. The molecule has 6 rings (SSSR count). The first-order valence-corrected chi connectivity index (χ1v) is 24.9. The second-order valence-corrected chi connectivity index (χ2v) is 18.8. The summed E-state index contributed by atoms with van der Waals surface area (Å²) >= 11 is 0. The Morgan fingerprint density at radius 3 is 2.33 bits per heavy atom. The van der Waals surface area contributed by atoms with Crippen LogP contribution in [0, 0.1) is 17.8 Å². The summed E-state index contributed by atoms with van der Waals surface area (Å²) in [6.07, 6.45) is 22.9. The molecule has 0 amide bonds. The Labute approximate surface area is 419 Å². The Morgan fingerprint density at radius 1 is 1.00 bits per heavy atom. The highest BCUT2D eigenvalue weighted by Gasteiger charge is 2.54. The summed E-state index contributed by atoms with van der Waals surface area (Å²) in [6.45, 7) is 18.3. The molecule has 13 heteroatoms. The minimum Gasteiger partial charge on any atom is -0.464 e. The molecule has 0 bridgehead atoms. The molecule has 2 aliphatic carbocycles. The van der Waals surface area contributed by atoms with E-state index < -0.39 is 18.0 Å². The number of ketones is 2. The van der Waals surface area contributed by atoms with Crippen LogP contribution in [0.1, 0.15) is 168 Å². The van der Waals surface area contributed by atoms with Crippen LogP contribution in [0.25, 0.3) is 0 Å². The van der Waals surface area contributed by atoms with Gasteiger partial charge in [0.2, 0.25) is 0 Å². The van der Waals surface area contributed by atoms with Crippen LogP contribution in [-0.2, 0) is 57.0 Å². The third-order valence-corrected chi connectivity index (χ3v) is 14.6. The van der Waals surface area contributed by atoms with Crippen LogP contribution < -0.4 is 0 Å². The molecule has 9 unspecified atom stereocenters. The van der Waals surface area contributed by atoms with Crippen molar-refractivity contribution < 1.29 is 62.1 Å². The molecule has 12 atom stereocenters. The number of aliphatic hydroxyl groups excluding tert-OH is 1. The van der Waals surface area contributed by atoms with Crippen LogP contribution >= 0.6 is 0 Å². The Kier molecular flexibility index (Phi) is 32.7. The van der Waals surface area contributed by atoms with Crippen molar-refractivity contribution in [3.05, 3.63) is 47.1 Å². The second-order valence-electron chi connectivity index (χ2n) is 18.8. The zero-order valence-corrected chi connectivity index (χ0v) is 42.7. The number of hydrogen-bond donors (Lipinski definition) is 1. The summed E-state index contributed by atoms with van der Waals surface area (Å²) in [5.74, 6) is 0.573. The van der Waals surface area contributed by atoms with Gasteiger partial charge >= 0.3 is 0 Å². The molecule has 402 valence electrons. The molecule has 0 radical (unpaired) electrons. The number of allylic oxidation sites excluding steroid dienone is 5. The zero-order valence-electron chi connectivity index (χ0n) is 42.7. The normalized spacial score (nSPS) is 32.7. The van der Waals surface area contributed by atoms with Crippen LogP contribution in [0.15, 0.2) is 47.1 Å². The number of aliphatic hydroxyl groups is 1. The molecule has 0 aromatic carbocycles. The summed E-state index contributed by atoms with van der Waals surface area (Å²) < 4.78 is 52.2. The average molecular weight is 981 g/mol. The standard InChI is InChI=1S/C36H52O6.C14H26O6.C2H6.CH4O.3CH4/c1-25(11-7-5-8-12-28-23-39-34-32(28)18-16-26(2)33(34)38)15-17-30-21-31(40-24-37)22-36(41-30)20-19-27(3)35(4,42-36)29-13-9-6-10-14-29;1-9(16-3)13(15)12(18-5)8-20-14-10(2)19-7-6-11(14)17-4;2*1-2;;;/h5,8,12,15-16,24,27,29-32,34H,6-7,9-11,13-14,17-23H2,1-4H3;9-12,14H,6-8H2,1-5H3;1-2H3;2H,1H3;3*1H4/b8-5+,25-15+,28-12+;;;;;;/t27?,30?,31-,32?,34?,35?,36?;9?,10?,11-,12-,14?;;;;;/m01...../s1. The lowest BCUT2D eigenvalue weighted by molar-refractivity contribution is -0.368. The molecule has 4 aliphatic heterocycles. The third-order valence-electron chi connectivity index (χ3n) is 14.6. The van der Waals surface area contributed by atoms with Crippen molar-refractivity contribution in [1.82, 2.24) is 0 Å².